The number of nitrogens with zero attached hydrogens (tertiary/aromatic N) is 2. The van der Waals surface area contributed by atoms with Gasteiger partial charge in [-0.1, -0.05) is 0 Å². The Bertz CT molecular complexity index is 626. The normalized spacial score (nSPS) is 18.8. The van der Waals surface area contributed by atoms with E-state index in [0.29, 0.717) is 12.3 Å². The standard InChI is InChI=1S/C17H23N3O4/c1-19-7-5-13(6-8-19)20-10-12-9-14(24-11-16(21)23-2)3-4-15(12)18-17(20)22/h3-4,9,13H,5-8,10-11H2,1-2H3,(H,18,22). The van der Waals surface area contributed by atoms with E-state index in [-0.39, 0.29) is 18.7 Å². The molecule has 2 heterocycles. The number of ether oxygens (including phenoxy) is 2. The van der Waals surface area contributed by atoms with Crippen molar-refractivity contribution in [2.45, 2.75) is 25.4 Å². The molecule has 0 saturated carbocycles. The van der Waals surface area contributed by atoms with Gasteiger partial charge in [0.05, 0.1) is 7.11 Å². The number of esters is 1. The third-order valence-electron chi connectivity index (χ3n) is 4.63. The molecule has 2 amide bonds. The molecule has 3 rings (SSSR count). The Balaban J connectivity index is 1.70. The van der Waals surface area contributed by atoms with E-state index in [1.54, 1.807) is 6.07 Å². The zero-order valence-corrected chi connectivity index (χ0v) is 14.1. The van der Waals surface area contributed by atoms with Crippen LogP contribution in [-0.4, -0.2) is 61.7 Å². The predicted octanol–water partition coefficient (Wildman–Crippen LogP) is 1.68. The summed E-state index contributed by atoms with van der Waals surface area (Å²) >= 11 is 0. The van der Waals surface area contributed by atoms with Crippen molar-refractivity contribution in [3.05, 3.63) is 23.8 Å². The number of carbonyl (C=O) groups is 2. The summed E-state index contributed by atoms with van der Waals surface area (Å²) in [6.45, 7) is 2.44. The smallest absolute Gasteiger partial charge is 0.343 e. The number of benzene rings is 1. The maximum Gasteiger partial charge on any atom is 0.343 e. The van der Waals surface area contributed by atoms with E-state index in [1.165, 1.54) is 7.11 Å². The molecule has 7 heteroatoms. The summed E-state index contributed by atoms with van der Waals surface area (Å²) in [4.78, 5) is 27.8. The number of likely N-dealkylation sites (tertiary alicyclic amines) is 1. The van der Waals surface area contributed by atoms with E-state index in [9.17, 15) is 9.59 Å². The van der Waals surface area contributed by atoms with E-state index in [0.717, 1.165) is 37.2 Å². The molecule has 7 nitrogen and oxygen atoms in total. The first-order valence-electron chi connectivity index (χ1n) is 8.15. The Morgan fingerprint density at radius 2 is 2.08 bits per heavy atom. The van der Waals surface area contributed by atoms with E-state index in [1.807, 2.05) is 17.0 Å². The number of hydrogen-bond donors (Lipinski definition) is 1. The molecule has 0 aliphatic carbocycles. The number of urea groups is 1. The van der Waals surface area contributed by atoms with Gasteiger partial charge in [0.15, 0.2) is 6.61 Å². The number of methoxy groups -OCH3 is 1. The van der Waals surface area contributed by atoms with Crippen LogP contribution < -0.4 is 10.1 Å². The average molecular weight is 333 g/mol. The molecule has 1 fully saturated rings. The molecule has 1 N–H and O–H groups in total. The second-order valence-corrected chi connectivity index (χ2v) is 6.28. The van der Waals surface area contributed by atoms with Gasteiger partial charge in [-0.2, -0.15) is 0 Å². The van der Waals surface area contributed by atoms with Gasteiger partial charge in [-0.3, -0.25) is 0 Å². The lowest BCUT2D eigenvalue weighted by molar-refractivity contribution is -0.142. The highest BCUT2D eigenvalue weighted by Gasteiger charge is 2.31. The van der Waals surface area contributed by atoms with Gasteiger partial charge in [0.1, 0.15) is 5.75 Å². The number of amides is 2. The van der Waals surface area contributed by atoms with Crippen LogP contribution in [0, 0.1) is 0 Å². The van der Waals surface area contributed by atoms with Gasteiger partial charge in [0, 0.05) is 18.3 Å². The quantitative estimate of drug-likeness (QED) is 0.849. The van der Waals surface area contributed by atoms with Gasteiger partial charge in [-0.25, -0.2) is 9.59 Å². The van der Waals surface area contributed by atoms with Crippen LogP contribution in [0.25, 0.3) is 0 Å². The first-order valence-corrected chi connectivity index (χ1v) is 8.15. The molecular formula is C17H23N3O4. The molecule has 1 aromatic carbocycles. The van der Waals surface area contributed by atoms with Crippen LogP contribution in [0.15, 0.2) is 18.2 Å². The molecular weight excluding hydrogens is 310 g/mol. The molecule has 0 atom stereocenters. The first kappa shape index (κ1) is 16.6. The lowest BCUT2D eigenvalue weighted by Gasteiger charge is -2.39. The minimum absolute atomic E-state index is 0.0414. The zero-order valence-electron chi connectivity index (χ0n) is 14.1. The van der Waals surface area contributed by atoms with Crippen molar-refractivity contribution in [1.29, 1.82) is 0 Å². The Morgan fingerprint density at radius 1 is 1.33 bits per heavy atom. The van der Waals surface area contributed by atoms with Crippen LogP contribution in [0.4, 0.5) is 10.5 Å². The van der Waals surface area contributed by atoms with Crippen molar-refractivity contribution in [3.63, 3.8) is 0 Å². The number of carbonyl (C=O) groups excluding carboxylic acids is 2. The first-order chi connectivity index (χ1) is 11.6. The van der Waals surface area contributed by atoms with Crippen LogP contribution in [0.5, 0.6) is 5.75 Å². The van der Waals surface area contributed by atoms with E-state index < -0.39 is 5.97 Å². The molecule has 0 aromatic heterocycles. The molecule has 2 aliphatic heterocycles. The number of rotatable bonds is 4. The molecule has 1 saturated heterocycles. The molecule has 0 unspecified atom stereocenters. The SMILES string of the molecule is COC(=O)COc1ccc2c(c1)CN(C1CCN(C)CC1)C(=O)N2. The fraction of sp³-hybridized carbons (Fsp3) is 0.529. The Hall–Kier alpha value is -2.28. The minimum Gasteiger partial charge on any atom is -0.482 e. The molecule has 0 spiro atoms. The summed E-state index contributed by atoms with van der Waals surface area (Å²) in [5, 5.41) is 2.95. The second kappa shape index (κ2) is 7.09. The number of nitrogens with one attached hydrogen (secondary N) is 1. The van der Waals surface area contributed by atoms with Crippen molar-refractivity contribution in [2.75, 3.05) is 39.2 Å². The number of anilines is 1. The largest absolute Gasteiger partial charge is 0.482 e. The third-order valence-corrected chi connectivity index (χ3v) is 4.63. The van der Waals surface area contributed by atoms with Gasteiger partial charge in [0.2, 0.25) is 0 Å². The minimum atomic E-state index is -0.422. The van der Waals surface area contributed by atoms with E-state index in [2.05, 4.69) is 22.0 Å². The number of fused-ring (bicyclic) bond motifs is 1. The monoisotopic (exact) mass is 333 g/mol. The molecule has 0 radical (unpaired) electrons. The molecule has 1 aromatic rings. The second-order valence-electron chi connectivity index (χ2n) is 6.28. The summed E-state index contributed by atoms with van der Waals surface area (Å²) in [6, 6.07) is 5.65. The van der Waals surface area contributed by atoms with Crippen LogP contribution >= 0.6 is 0 Å². The Morgan fingerprint density at radius 3 is 2.79 bits per heavy atom. The van der Waals surface area contributed by atoms with Gasteiger partial charge < -0.3 is 24.6 Å². The maximum absolute atomic E-state index is 12.4. The Kier molecular flexibility index (Phi) is 4.89. The highest BCUT2D eigenvalue weighted by atomic mass is 16.6. The summed E-state index contributed by atoms with van der Waals surface area (Å²) in [7, 11) is 3.43. The summed E-state index contributed by atoms with van der Waals surface area (Å²) < 4.78 is 10.0. The maximum atomic E-state index is 12.4. The van der Waals surface area contributed by atoms with Gasteiger partial charge in [0.25, 0.3) is 0 Å². The number of hydrogen-bond acceptors (Lipinski definition) is 5. The zero-order chi connectivity index (χ0) is 17.1. The number of piperidine rings is 1. The Labute approximate surface area is 141 Å². The van der Waals surface area contributed by atoms with Crippen molar-refractivity contribution < 1.29 is 19.1 Å². The molecule has 2 aliphatic rings. The van der Waals surface area contributed by atoms with Crippen LogP contribution in [0.2, 0.25) is 0 Å². The average Bonchev–Trinajstić information content (AvgIpc) is 2.60. The highest BCUT2D eigenvalue weighted by Crippen LogP contribution is 2.30. The summed E-state index contributed by atoms with van der Waals surface area (Å²) in [5.74, 6) is 0.174. The lowest BCUT2D eigenvalue weighted by Crippen LogP contribution is -2.49. The van der Waals surface area contributed by atoms with Gasteiger partial charge in [-0.05, 0) is 56.7 Å². The molecule has 130 valence electrons. The van der Waals surface area contributed by atoms with Gasteiger partial charge in [-0.15, -0.1) is 0 Å². The van der Waals surface area contributed by atoms with Crippen LogP contribution in [0.3, 0.4) is 0 Å². The van der Waals surface area contributed by atoms with Gasteiger partial charge >= 0.3 is 12.0 Å². The van der Waals surface area contributed by atoms with Crippen LogP contribution in [0.1, 0.15) is 18.4 Å². The predicted molar refractivity (Wildman–Crippen MR) is 89.0 cm³/mol. The fourth-order valence-corrected chi connectivity index (χ4v) is 3.16. The summed E-state index contributed by atoms with van der Waals surface area (Å²) in [6.07, 6.45) is 1.97. The lowest BCUT2D eigenvalue weighted by atomic mass is 10.0. The van der Waals surface area contributed by atoms with Crippen molar-refractivity contribution in [2.24, 2.45) is 0 Å². The van der Waals surface area contributed by atoms with E-state index >= 15 is 0 Å². The van der Waals surface area contributed by atoms with E-state index in [4.69, 9.17) is 4.74 Å². The summed E-state index contributed by atoms with van der Waals surface area (Å²) in [5.41, 5.74) is 1.80. The van der Waals surface area contributed by atoms with Crippen LogP contribution in [-0.2, 0) is 16.1 Å². The molecule has 24 heavy (non-hydrogen) atoms. The van der Waals surface area contributed by atoms with Crippen molar-refractivity contribution in [1.82, 2.24) is 9.80 Å². The third kappa shape index (κ3) is 3.62. The molecule has 0 bridgehead atoms. The van der Waals surface area contributed by atoms with Crippen molar-refractivity contribution >= 4 is 17.7 Å². The highest BCUT2D eigenvalue weighted by molar-refractivity contribution is 5.92. The topological polar surface area (TPSA) is 71.1 Å². The van der Waals surface area contributed by atoms with Crippen molar-refractivity contribution in [3.8, 4) is 5.75 Å². The fourth-order valence-electron chi connectivity index (χ4n) is 3.16.